The van der Waals surface area contributed by atoms with E-state index in [-0.39, 0.29) is 94.4 Å². The van der Waals surface area contributed by atoms with Crippen LogP contribution < -0.4 is 75.1 Å². The molecule has 754 valence electrons. The lowest BCUT2D eigenvalue weighted by Crippen LogP contribution is -2.61. The second kappa shape index (κ2) is 65.8. The Kier molecular flexibility index (Phi) is 55.0. The lowest BCUT2D eigenvalue weighted by atomic mass is 9.98. The number of aromatic nitrogens is 3. The van der Waals surface area contributed by atoms with E-state index < -0.39 is 164 Å². The predicted octanol–water partition coefficient (Wildman–Crippen LogP) is -0.0619. The summed E-state index contributed by atoms with van der Waals surface area (Å²) in [5.41, 5.74) is 20.4. The van der Waals surface area contributed by atoms with Crippen LogP contribution in [-0.4, -0.2) is 312 Å². The maximum Gasteiger partial charge on any atom is 0.305 e. The highest BCUT2D eigenvalue weighted by molar-refractivity contribution is 6.01. The third kappa shape index (κ3) is 49.5. The first-order chi connectivity index (χ1) is 65.6. The maximum absolute atomic E-state index is 14.6. The van der Waals surface area contributed by atoms with Gasteiger partial charge in [0.15, 0.2) is 5.78 Å². The third-order valence-corrected chi connectivity index (χ3v) is 20.0. The van der Waals surface area contributed by atoms with Crippen LogP contribution in [0.15, 0.2) is 109 Å². The van der Waals surface area contributed by atoms with E-state index in [0.717, 1.165) is 5.56 Å². The molecule has 0 bridgehead atoms. The number of primary amides is 2. The van der Waals surface area contributed by atoms with Crippen molar-refractivity contribution >= 4 is 94.6 Å². The number of hydrogen-bond acceptors (Lipinski definition) is 29. The molecular formula is C92H132N16O29. The van der Waals surface area contributed by atoms with Crippen LogP contribution in [0.3, 0.4) is 0 Å². The van der Waals surface area contributed by atoms with E-state index in [1.807, 2.05) is 6.07 Å². The van der Waals surface area contributed by atoms with E-state index in [9.17, 15) is 86.9 Å². The van der Waals surface area contributed by atoms with E-state index in [2.05, 4.69) is 63.5 Å². The SMILES string of the molecule is CC(=O)c1ccc(C(=O)NCCOCCOCCOCCOCCOCCOCCOCCOCCOCCNC(=O)c2cccc(OCc3cn(Cc4cccc(C(=O)NCCCCC(NC(=O)C(CC(C)C)NC(=O)C(CC(C)C)NC(=O)C(Cc5ccccc5)NC(=O)C(CCC(=O)O)NC(=O)C(CC(N)=O)NC(=O)C(CC(=O)O)NC(=O)C(N)CCC(=O)O)C(N)=O)c4)nn3)c2)cc1. The first-order valence-corrected chi connectivity index (χ1v) is 45.2. The number of nitrogens with one attached hydrogen (secondary N) is 10. The summed E-state index contributed by atoms with van der Waals surface area (Å²) >= 11 is 0. The second-order valence-corrected chi connectivity index (χ2v) is 32.4. The molecule has 0 saturated carbocycles. The largest absolute Gasteiger partial charge is 0.487 e. The zero-order valence-corrected chi connectivity index (χ0v) is 77.9. The van der Waals surface area contributed by atoms with Gasteiger partial charge < -0.3 is 133 Å². The first kappa shape index (κ1) is 115. The molecule has 0 fully saturated rings. The Labute approximate surface area is 793 Å². The van der Waals surface area contributed by atoms with Gasteiger partial charge in [0, 0.05) is 61.2 Å². The minimum Gasteiger partial charge on any atom is -0.487 e. The van der Waals surface area contributed by atoms with Crippen LogP contribution >= 0.6 is 0 Å². The maximum atomic E-state index is 14.6. The summed E-state index contributed by atoms with van der Waals surface area (Å²) in [5.74, 6) is -15.2. The minimum absolute atomic E-state index is 0.0315. The molecule has 45 nitrogen and oxygen atoms in total. The Hall–Kier alpha value is -12.9. The first-order valence-electron chi connectivity index (χ1n) is 45.2. The number of unbranched alkanes of at least 4 members (excludes halogenated alkanes) is 1. The molecule has 5 aromatic rings. The van der Waals surface area contributed by atoms with Crippen molar-refractivity contribution in [3.63, 3.8) is 0 Å². The number of aliphatic carboxylic acids is 3. The Morgan fingerprint density at radius 3 is 1.27 bits per heavy atom. The molecule has 0 aliphatic rings. The molecule has 0 spiro atoms. The van der Waals surface area contributed by atoms with Crippen molar-refractivity contribution < 1.29 is 139 Å². The van der Waals surface area contributed by atoms with Crippen molar-refractivity contribution in [3.05, 3.63) is 148 Å². The molecule has 4 aromatic carbocycles. The highest BCUT2D eigenvalue weighted by Gasteiger charge is 2.37. The predicted molar refractivity (Wildman–Crippen MR) is 491 cm³/mol. The Morgan fingerprint density at radius 2 is 0.788 bits per heavy atom. The van der Waals surface area contributed by atoms with Crippen LogP contribution in [0.1, 0.15) is 164 Å². The molecule has 0 aliphatic heterocycles. The highest BCUT2D eigenvalue weighted by atomic mass is 16.6. The van der Waals surface area contributed by atoms with E-state index in [1.54, 1.807) is 136 Å². The molecule has 0 radical (unpaired) electrons. The topological polar surface area (TPSA) is 655 Å². The minimum atomic E-state index is -2.01. The van der Waals surface area contributed by atoms with Gasteiger partial charge in [0.2, 0.25) is 53.2 Å². The number of benzene rings is 4. The van der Waals surface area contributed by atoms with Crippen molar-refractivity contribution in [1.82, 2.24) is 68.2 Å². The fraction of sp³-hybridized carbons (Fsp3) is 0.543. The van der Waals surface area contributed by atoms with Gasteiger partial charge in [0.25, 0.3) is 17.7 Å². The third-order valence-electron chi connectivity index (χ3n) is 20.0. The number of carbonyl (C=O) groups is 16. The van der Waals surface area contributed by atoms with Gasteiger partial charge in [-0.2, -0.15) is 0 Å². The molecule has 45 heteroatoms. The molecule has 8 unspecified atom stereocenters. The van der Waals surface area contributed by atoms with Crippen molar-refractivity contribution in [3.8, 4) is 5.75 Å². The van der Waals surface area contributed by atoms with Gasteiger partial charge in [-0.1, -0.05) is 93.6 Å². The van der Waals surface area contributed by atoms with Gasteiger partial charge >= 0.3 is 17.9 Å². The molecular weight excluding hydrogens is 1790 g/mol. The molecule has 0 saturated heterocycles. The number of nitrogens with zero attached hydrogens (tertiary/aromatic N) is 3. The lowest BCUT2D eigenvalue weighted by Gasteiger charge is -2.28. The molecule has 137 heavy (non-hydrogen) atoms. The summed E-state index contributed by atoms with van der Waals surface area (Å²) in [7, 11) is 0. The summed E-state index contributed by atoms with van der Waals surface area (Å²) in [4.78, 5) is 208. The summed E-state index contributed by atoms with van der Waals surface area (Å²) < 4.78 is 57.3. The average Bonchev–Trinajstić information content (AvgIpc) is 1.41. The summed E-state index contributed by atoms with van der Waals surface area (Å²) in [6.45, 7) is 16.4. The molecule has 1 heterocycles. The van der Waals surface area contributed by atoms with Crippen LogP contribution in [0.2, 0.25) is 0 Å². The molecule has 5 rings (SSSR count). The van der Waals surface area contributed by atoms with Gasteiger partial charge in [0.1, 0.15) is 60.3 Å². The van der Waals surface area contributed by atoms with Crippen molar-refractivity contribution in [2.24, 2.45) is 29.0 Å². The molecule has 8 atom stereocenters. The van der Waals surface area contributed by atoms with Gasteiger partial charge in [-0.15, -0.1) is 5.10 Å². The standard InChI is InChI=1S/C92H132N16O29/c1-59(2)49-73(102-89(124)74(50-60(3)4)103-90(125)75(52-62-13-7-6-8-14-62)104-87(122)72(25-27-80(113)114)100-91(126)76(54-78(94)110)105-92(127)77(55-81(115)116)101-86(121)70(93)24-26-79(111)112)88(123)99-71(82(95)117)19-9-10-28-96-84(119)66-16-11-15-63(51-66)56-108-57-68(106-107-108)58-137-69-18-12-17-67(53-69)85(120)98-30-32-129-34-36-131-38-40-133-42-44-135-46-48-136-47-45-134-43-41-132-39-37-130-35-33-128-31-29-97-83(118)65-22-20-64(21-23-65)61(5)109/h6-8,11-18,20-23,51,53,57,59-60,70-77H,9-10,19,24-50,52,54-56,58,93H2,1-5H3,(H2,94,110)(H2,95,117)(H,96,119)(H,97,118)(H,98,120)(H,99,123)(H,100,126)(H,101,121)(H,102,124)(H,103,125)(H,104,122)(H,105,127)(H,111,112)(H,113,114)(H,115,116). The number of rotatable bonds is 75. The van der Waals surface area contributed by atoms with Crippen LogP contribution in [0.25, 0.3) is 0 Å². The smallest absolute Gasteiger partial charge is 0.305 e. The van der Waals surface area contributed by atoms with E-state index in [1.165, 1.54) is 6.92 Å². The van der Waals surface area contributed by atoms with Crippen LogP contribution in [0.4, 0.5) is 0 Å². The van der Waals surface area contributed by atoms with Crippen LogP contribution in [-0.2, 0) is 120 Å². The number of amides is 12. The number of carboxylic acids is 3. The van der Waals surface area contributed by atoms with Crippen molar-refractivity contribution in [2.75, 3.05) is 139 Å². The summed E-state index contributed by atoms with van der Waals surface area (Å²) in [5, 5.41) is 62.1. The second-order valence-electron chi connectivity index (χ2n) is 32.4. The summed E-state index contributed by atoms with van der Waals surface area (Å²) in [6.07, 6.45) is -2.47. The van der Waals surface area contributed by atoms with E-state index in [4.69, 9.17) is 69.7 Å². The molecule has 19 N–H and O–H groups in total. The fourth-order valence-electron chi connectivity index (χ4n) is 12.9. The number of ether oxygens (including phenoxy) is 10. The Morgan fingerprint density at radius 1 is 0.387 bits per heavy atom. The molecule has 1 aromatic heterocycles. The van der Waals surface area contributed by atoms with Gasteiger partial charge in [0.05, 0.1) is 151 Å². The monoisotopic (exact) mass is 1920 g/mol. The molecule has 12 amide bonds. The van der Waals surface area contributed by atoms with Gasteiger partial charge in [-0.25, -0.2) is 4.68 Å². The van der Waals surface area contributed by atoms with Crippen LogP contribution in [0, 0.1) is 11.8 Å². The summed E-state index contributed by atoms with van der Waals surface area (Å²) in [6, 6.07) is 15.2. The zero-order chi connectivity index (χ0) is 100. The van der Waals surface area contributed by atoms with Gasteiger partial charge in [-0.05, 0) is 117 Å². The number of ketones is 1. The van der Waals surface area contributed by atoms with E-state index >= 15 is 0 Å². The number of carbonyl (C=O) groups excluding carboxylic acids is 13. The van der Waals surface area contributed by atoms with E-state index in [0.29, 0.717) is 165 Å². The number of Topliss-reactive ketones (excluding diaryl/α,β-unsaturated/α-hetero) is 1. The normalized spacial score (nSPS) is 12.9. The Balaban J connectivity index is 0.964. The molecule has 0 aliphatic carbocycles. The number of carboxylic acid groups (broad SMARTS) is 3. The van der Waals surface area contributed by atoms with Crippen LogP contribution in [0.5, 0.6) is 5.75 Å². The lowest BCUT2D eigenvalue weighted by molar-refractivity contribution is -0.142. The van der Waals surface area contributed by atoms with Gasteiger partial charge in [-0.3, -0.25) is 76.7 Å². The highest BCUT2D eigenvalue weighted by Crippen LogP contribution is 2.18. The zero-order valence-electron chi connectivity index (χ0n) is 77.9. The number of hydrogen-bond donors (Lipinski definition) is 16. The number of nitrogens with two attached hydrogens (primary N) is 3. The average molecular weight is 1930 g/mol. The quantitative estimate of drug-likeness (QED) is 0.0179. The fourth-order valence-corrected chi connectivity index (χ4v) is 12.9. The van der Waals surface area contributed by atoms with Crippen molar-refractivity contribution in [1.29, 1.82) is 0 Å². The Bertz CT molecular complexity index is 4620. The van der Waals surface area contributed by atoms with Crippen molar-refractivity contribution in [2.45, 2.75) is 173 Å².